The summed E-state index contributed by atoms with van der Waals surface area (Å²) >= 11 is 0. The van der Waals surface area contributed by atoms with Crippen LogP contribution in [0.5, 0.6) is 0 Å². The molecule has 0 radical (unpaired) electrons. The Morgan fingerprint density at radius 3 is 1.50 bits per heavy atom. The zero-order chi connectivity index (χ0) is 21.4. The number of benzene rings is 2. The number of hydrogen-bond donors (Lipinski definition) is 0. The van der Waals surface area contributed by atoms with E-state index in [1.165, 1.54) is 0 Å². The van der Waals surface area contributed by atoms with Crippen molar-refractivity contribution in [1.82, 2.24) is 9.97 Å². The molecule has 0 spiro atoms. The number of para-hydroxylation sites is 2. The van der Waals surface area contributed by atoms with Crippen molar-refractivity contribution in [1.29, 1.82) is 0 Å². The normalized spacial score (nSPS) is 13.0. The summed E-state index contributed by atoms with van der Waals surface area (Å²) < 4.78 is 11.9. The fourth-order valence-corrected chi connectivity index (χ4v) is 4.62. The second-order valence-corrected chi connectivity index (χ2v) is 8.03. The third-order valence-corrected chi connectivity index (χ3v) is 6.19. The van der Waals surface area contributed by atoms with Crippen molar-refractivity contribution >= 4 is 44.1 Å². The maximum atomic E-state index is 13.1. The minimum absolute atomic E-state index is 0.122. The van der Waals surface area contributed by atoms with E-state index < -0.39 is 0 Å². The molecule has 152 valence electrons. The van der Waals surface area contributed by atoms with Crippen LogP contribution >= 0.6 is 0 Å². The van der Waals surface area contributed by atoms with E-state index in [0.29, 0.717) is 57.0 Å². The number of fused-ring (bicyclic) bond motifs is 7. The smallest absolute Gasteiger partial charge is 0.230 e. The molecule has 6 nitrogen and oxygen atoms in total. The molecule has 0 saturated heterocycles. The Morgan fingerprint density at radius 2 is 1.03 bits per heavy atom. The van der Waals surface area contributed by atoms with Gasteiger partial charge in [0.15, 0.2) is 0 Å². The lowest BCUT2D eigenvalue weighted by molar-refractivity contribution is 0.636. The molecule has 0 aliphatic heterocycles. The Hall–Kier alpha value is -4.32. The van der Waals surface area contributed by atoms with E-state index in [9.17, 15) is 9.59 Å². The highest BCUT2D eigenvalue weighted by Gasteiger charge is 2.23. The second-order valence-electron chi connectivity index (χ2n) is 8.03. The molecule has 0 N–H and O–H groups in total. The number of rotatable bonds is 0. The number of nitrogens with zero attached hydrogens (tertiary/aromatic N) is 2. The molecule has 0 amide bonds. The molecule has 0 fully saturated rings. The topological polar surface area (TPSA) is 86.2 Å². The van der Waals surface area contributed by atoms with E-state index >= 15 is 0 Å². The number of aryl methyl sites for hydroxylation is 2. The number of pyridine rings is 2. The first-order chi connectivity index (χ1) is 15.7. The minimum Gasteiger partial charge on any atom is -0.437 e. The van der Waals surface area contributed by atoms with Crippen LogP contribution in [-0.2, 0) is 12.8 Å². The monoisotopic (exact) mass is 418 g/mol. The molecule has 2 aromatic carbocycles. The molecule has 0 bridgehead atoms. The Morgan fingerprint density at radius 1 is 0.594 bits per heavy atom. The zero-order valence-corrected chi connectivity index (χ0v) is 16.7. The third-order valence-electron chi connectivity index (χ3n) is 6.19. The van der Waals surface area contributed by atoms with Crippen molar-refractivity contribution in [3.63, 3.8) is 0 Å². The minimum atomic E-state index is -0.122. The quantitative estimate of drug-likeness (QED) is 0.331. The molecule has 6 heteroatoms. The largest absolute Gasteiger partial charge is 0.437 e. The highest BCUT2D eigenvalue weighted by Crippen LogP contribution is 2.35. The molecule has 1 aliphatic rings. The van der Waals surface area contributed by atoms with Gasteiger partial charge in [0.05, 0.1) is 32.9 Å². The van der Waals surface area contributed by atoms with Gasteiger partial charge >= 0.3 is 0 Å². The lowest BCUT2D eigenvalue weighted by atomic mass is 9.90. The van der Waals surface area contributed by atoms with Gasteiger partial charge in [-0.3, -0.25) is 9.59 Å². The van der Waals surface area contributed by atoms with Gasteiger partial charge in [-0.1, -0.05) is 24.3 Å². The van der Waals surface area contributed by atoms with E-state index in [4.69, 9.17) is 8.83 Å². The predicted molar refractivity (Wildman–Crippen MR) is 122 cm³/mol. The molecule has 4 aromatic heterocycles. The van der Waals surface area contributed by atoms with Crippen LogP contribution in [0.15, 0.2) is 79.1 Å². The highest BCUT2D eigenvalue weighted by molar-refractivity contribution is 5.94. The number of aromatic nitrogens is 2. The highest BCUT2D eigenvalue weighted by atomic mass is 16.3. The van der Waals surface area contributed by atoms with E-state index in [1.54, 1.807) is 24.3 Å². The van der Waals surface area contributed by atoms with Crippen LogP contribution in [0, 0.1) is 0 Å². The lowest BCUT2D eigenvalue weighted by Gasteiger charge is -2.19. The Bertz CT molecular complexity index is 1740. The van der Waals surface area contributed by atoms with Gasteiger partial charge in [0.25, 0.3) is 0 Å². The van der Waals surface area contributed by atoms with Crippen LogP contribution in [0.2, 0.25) is 0 Å². The average molecular weight is 418 g/mol. The fourth-order valence-electron chi connectivity index (χ4n) is 4.62. The van der Waals surface area contributed by atoms with Gasteiger partial charge in [-0.25, -0.2) is 9.97 Å². The first kappa shape index (κ1) is 17.4. The van der Waals surface area contributed by atoms with Gasteiger partial charge in [0.1, 0.15) is 11.2 Å². The van der Waals surface area contributed by atoms with Crippen molar-refractivity contribution < 1.29 is 8.83 Å². The predicted octanol–water partition coefficient (Wildman–Crippen LogP) is 4.76. The van der Waals surface area contributed by atoms with Crippen molar-refractivity contribution in [2.24, 2.45) is 0 Å². The summed E-state index contributed by atoms with van der Waals surface area (Å²) in [6.45, 7) is 0. The fraction of sp³-hybridized carbons (Fsp3) is 0.0769. The molecule has 7 rings (SSSR count). The number of hydrogen-bond acceptors (Lipinski definition) is 6. The lowest BCUT2D eigenvalue weighted by Crippen LogP contribution is -2.12. The van der Waals surface area contributed by atoms with Crippen molar-refractivity contribution in [3.8, 4) is 11.1 Å². The van der Waals surface area contributed by atoms with Gasteiger partial charge < -0.3 is 8.83 Å². The van der Waals surface area contributed by atoms with Crippen LogP contribution in [0.1, 0.15) is 11.4 Å². The SMILES string of the molecule is O=c1c2ccccc2oc2nc3c(cc12)-c1cc2c(=O)c4ccccc4oc2nc1CC3. The van der Waals surface area contributed by atoms with Crippen molar-refractivity contribution in [2.45, 2.75) is 12.8 Å². The molecule has 4 heterocycles. The van der Waals surface area contributed by atoms with Crippen LogP contribution < -0.4 is 10.9 Å². The van der Waals surface area contributed by atoms with Gasteiger partial charge in [-0.2, -0.15) is 0 Å². The van der Waals surface area contributed by atoms with E-state index in [1.807, 2.05) is 36.4 Å². The average Bonchev–Trinajstić information content (AvgIpc) is 2.82. The molecule has 0 unspecified atom stereocenters. The molecule has 1 aliphatic carbocycles. The zero-order valence-electron chi connectivity index (χ0n) is 16.7. The Kier molecular flexibility index (Phi) is 3.31. The maximum absolute atomic E-state index is 13.1. The summed E-state index contributed by atoms with van der Waals surface area (Å²) in [7, 11) is 0. The summed E-state index contributed by atoms with van der Waals surface area (Å²) in [4.78, 5) is 35.6. The summed E-state index contributed by atoms with van der Waals surface area (Å²) in [5, 5.41) is 1.87. The van der Waals surface area contributed by atoms with E-state index in [2.05, 4.69) is 9.97 Å². The van der Waals surface area contributed by atoms with Crippen molar-refractivity contribution in [3.05, 3.63) is 92.5 Å². The molecule has 0 saturated carbocycles. The van der Waals surface area contributed by atoms with Gasteiger partial charge in [0, 0.05) is 11.1 Å². The van der Waals surface area contributed by atoms with Gasteiger partial charge in [0.2, 0.25) is 22.3 Å². The maximum Gasteiger partial charge on any atom is 0.230 e. The Labute approximate surface area is 179 Å². The molecular formula is C26H14N2O4. The first-order valence-corrected chi connectivity index (χ1v) is 10.4. The Balaban J connectivity index is 1.56. The van der Waals surface area contributed by atoms with Crippen LogP contribution in [0.3, 0.4) is 0 Å². The van der Waals surface area contributed by atoms with E-state index in [-0.39, 0.29) is 10.9 Å². The van der Waals surface area contributed by atoms with E-state index in [0.717, 1.165) is 22.5 Å². The third kappa shape index (κ3) is 2.29. The molecule has 6 aromatic rings. The van der Waals surface area contributed by atoms with Crippen LogP contribution in [-0.4, -0.2) is 9.97 Å². The standard InChI is InChI=1S/C26H14N2O4/c29-23-13-5-1-3-7-21(13)31-25-17(23)11-15-16-12-18-24(30)14-6-2-4-8-22(14)32-26(18)28-20(16)10-9-19(15)27-25/h1-8,11-12H,9-10H2. The molecular weight excluding hydrogens is 404 g/mol. The molecule has 32 heavy (non-hydrogen) atoms. The van der Waals surface area contributed by atoms with Gasteiger partial charge in [-0.05, 0) is 49.2 Å². The first-order valence-electron chi connectivity index (χ1n) is 10.4. The van der Waals surface area contributed by atoms with Crippen LogP contribution in [0.25, 0.3) is 55.3 Å². The molecule has 0 atom stereocenters. The summed E-state index contributed by atoms with van der Waals surface area (Å²) in [5.74, 6) is 0. The summed E-state index contributed by atoms with van der Waals surface area (Å²) in [5.41, 5.74) is 4.73. The van der Waals surface area contributed by atoms with Crippen LogP contribution in [0.4, 0.5) is 0 Å². The van der Waals surface area contributed by atoms with Gasteiger partial charge in [-0.15, -0.1) is 0 Å². The summed E-state index contributed by atoms with van der Waals surface area (Å²) in [6.07, 6.45) is 1.32. The second kappa shape index (κ2) is 6.11. The van der Waals surface area contributed by atoms with Crippen molar-refractivity contribution in [2.75, 3.05) is 0 Å². The summed E-state index contributed by atoms with van der Waals surface area (Å²) in [6, 6.07) is 18.0.